The minimum atomic E-state index is -0.114. The van der Waals surface area contributed by atoms with E-state index in [2.05, 4.69) is 21.3 Å². The van der Waals surface area contributed by atoms with Gasteiger partial charge in [-0.3, -0.25) is 19.5 Å². The Bertz CT molecular complexity index is 1380. The molecule has 1 N–H and O–H groups in total. The number of anilines is 1. The summed E-state index contributed by atoms with van der Waals surface area (Å²) in [6.07, 6.45) is 4.37. The molecule has 3 aliphatic heterocycles. The number of carbonyl (C=O) groups is 3. The molecule has 2 fully saturated rings. The molecule has 0 unspecified atom stereocenters. The lowest BCUT2D eigenvalue weighted by atomic mass is 9.91. The molecule has 8 nitrogen and oxygen atoms in total. The van der Waals surface area contributed by atoms with E-state index in [0.29, 0.717) is 18.1 Å². The SMILES string of the molecule is CNC(=O)N1CC(N2CCCc3cc(Cl)cc(-c4ccnc5cc(CN6C(=O)CCC6=O)sc45)c32)C1. The van der Waals surface area contributed by atoms with Crippen LogP contribution in [0.3, 0.4) is 0 Å². The molecule has 3 aromatic rings. The standard InChI is InChI=1S/C26H26ClN5O3S/c1-28-26(35)30-12-17(13-30)31-8-2-3-15-9-16(27)10-20(24(15)31)19-6-7-29-21-11-18(36-25(19)21)14-32-22(33)4-5-23(32)34/h6-7,9-11,17H,2-5,8,12-14H2,1H3,(H,28,35). The van der Waals surface area contributed by atoms with E-state index in [1.165, 1.54) is 16.2 Å². The van der Waals surface area contributed by atoms with Crippen molar-refractivity contribution >= 4 is 56.7 Å². The number of rotatable bonds is 4. The monoisotopic (exact) mass is 523 g/mol. The van der Waals surface area contributed by atoms with Crippen LogP contribution in [0.5, 0.6) is 0 Å². The van der Waals surface area contributed by atoms with E-state index >= 15 is 0 Å². The van der Waals surface area contributed by atoms with Crippen LogP contribution in [-0.4, -0.2) is 65.4 Å². The Hall–Kier alpha value is -3.17. The molecule has 0 radical (unpaired) electrons. The molecule has 36 heavy (non-hydrogen) atoms. The molecule has 0 atom stereocenters. The Balaban J connectivity index is 1.39. The third-order valence-corrected chi connectivity index (χ3v) is 8.67. The lowest BCUT2D eigenvalue weighted by Crippen LogP contribution is -2.63. The number of benzene rings is 1. The van der Waals surface area contributed by atoms with E-state index in [1.54, 1.807) is 24.6 Å². The highest BCUT2D eigenvalue weighted by Gasteiger charge is 2.37. The molecule has 4 amide bonds. The largest absolute Gasteiger partial charge is 0.364 e. The van der Waals surface area contributed by atoms with Gasteiger partial charge in [0.25, 0.3) is 0 Å². The van der Waals surface area contributed by atoms with Crippen molar-refractivity contribution in [3.05, 3.63) is 45.9 Å². The fourth-order valence-electron chi connectivity index (χ4n) is 5.52. The van der Waals surface area contributed by atoms with Crippen molar-refractivity contribution in [2.45, 2.75) is 38.3 Å². The first-order valence-corrected chi connectivity index (χ1v) is 13.4. The maximum Gasteiger partial charge on any atom is 0.317 e. The number of carbonyl (C=O) groups excluding carboxylic acids is 3. The molecule has 10 heteroatoms. The normalized spacial score (nSPS) is 18.1. The van der Waals surface area contributed by atoms with Gasteiger partial charge in [0.1, 0.15) is 0 Å². The number of thiophene rings is 1. The number of aromatic nitrogens is 1. The number of hydrogen-bond acceptors (Lipinski definition) is 6. The van der Waals surface area contributed by atoms with Crippen LogP contribution in [0.4, 0.5) is 10.5 Å². The quantitative estimate of drug-likeness (QED) is 0.522. The van der Waals surface area contributed by atoms with E-state index in [1.807, 2.05) is 23.1 Å². The van der Waals surface area contributed by atoms with Gasteiger partial charge in [-0.15, -0.1) is 11.3 Å². The van der Waals surface area contributed by atoms with Crippen LogP contribution in [0, 0.1) is 0 Å². The van der Waals surface area contributed by atoms with Gasteiger partial charge in [-0.25, -0.2) is 4.79 Å². The van der Waals surface area contributed by atoms with E-state index < -0.39 is 0 Å². The first-order valence-electron chi connectivity index (χ1n) is 12.2. The summed E-state index contributed by atoms with van der Waals surface area (Å²) in [4.78, 5) is 47.5. The fraction of sp³-hybridized carbons (Fsp3) is 0.385. The molecule has 186 valence electrons. The Morgan fingerprint density at radius 2 is 1.92 bits per heavy atom. The van der Waals surface area contributed by atoms with Crippen LogP contribution in [0.25, 0.3) is 21.3 Å². The van der Waals surface area contributed by atoms with Gasteiger partial charge in [-0.2, -0.15) is 0 Å². The predicted molar refractivity (Wildman–Crippen MR) is 140 cm³/mol. The molecule has 0 saturated carbocycles. The zero-order valence-corrected chi connectivity index (χ0v) is 21.5. The summed E-state index contributed by atoms with van der Waals surface area (Å²) in [5, 5.41) is 3.40. The van der Waals surface area contributed by atoms with Crippen LogP contribution in [0.1, 0.15) is 29.7 Å². The van der Waals surface area contributed by atoms with E-state index in [0.717, 1.165) is 45.6 Å². The highest BCUT2D eigenvalue weighted by molar-refractivity contribution is 7.19. The molecular formula is C26H26ClN5O3S. The summed E-state index contributed by atoms with van der Waals surface area (Å²) < 4.78 is 1.02. The van der Waals surface area contributed by atoms with Gasteiger partial charge < -0.3 is 15.1 Å². The first kappa shape index (κ1) is 23.2. The number of imide groups is 1. The molecule has 3 aliphatic rings. The zero-order chi connectivity index (χ0) is 25.0. The average molecular weight is 524 g/mol. The Kier molecular flexibility index (Phi) is 5.84. The summed E-state index contributed by atoms with van der Waals surface area (Å²) in [6.45, 7) is 2.59. The number of urea groups is 1. The van der Waals surface area contributed by atoms with Gasteiger partial charge in [0.05, 0.1) is 22.8 Å². The summed E-state index contributed by atoms with van der Waals surface area (Å²) in [5.74, 6) is -0.229. The molecule has 2 saturated heterocycles. The number of likely N-dealkylation sites (tertiary alicyclic amines) is 2. The van der Waals surface area contributed by atoms with Crippen LogP contribution < -0.4 is 10.2 Å². The van der Waals surface area contributed by atoms with Gasteiger partial charge in [-0.05, 0) is 42.7 Å². The van der Waals surface area contributed by atoms with Crippen LogP contribution >= 0.6 is 22.9 Å². The molecule has 1 aromatic carbocycles. The lowest BCUT2D eigenvalue weighted by Gasteiger charge is -2.48. The number of fused-ring (bicyclic) bond motifs is 2. The van der Waals surface area contributed by atoms with Gasteiger partial charge in [-0.1, -0.05) is 11.6 Å². The molecular weight excluding hydrogens is 498 g/mol. The smallest absolute Gasteiger partial charge is 0.317 e. The van der Waals surface area contributed by atoms with Crippen molar-refractivity contribution < 1.29 is 14.4 Å². The van der Waals surface area contributed by atoms with Crippen molar-refractivity contribution in [2.75, 3.05) is 31.6 Å². The van der Waals surface area contributed by atoms with Crippen LogP contribution in [0.2, 0.25) is 5.02 Å². The van der Waals surface area contributed by atoms with E-state index in [9.17, 15) is 14.4 Å². The average Bonchev–Trinajstić information content (AvgIpc) is 3.40. The summed E-state index contributed by atoms with van der Waals surface area (Å²) in [7, 11) is 1.66. The second kappa shape index (κ2) is 9.05. The molecule has 6 rings (SSSR count). The fourth-order valence-corrected chi connectivity index (χ4v) is 6.89. The van der Waals surface area contributed by atoms with E-state index in [-0.39, 0.29) is 43.3 Å². The number of pyridine rings is 1. The van der Waals surface area contributed by atoms with Crippen molar-refractivity contribution in [2.24, 2.45) is 0 Å². The van der Waals surface area contributed by atoms with Gasteiger partial charge >= 0.3 is 6.03 Å². The first-order chi connectivity index (χ1) is 17.4. The van der Waals surface area contributed by atoms with Crippen molar-refractivity contribution in [3.63, 3.8) is 0 Å². The highest BCUT2D eigenvalue weighted by Crippen LogP contribution is 2.45. The molecule has 0 aliphatic carbocycles. The van der Waals surface area contributed by atoms with Crippen LogP contribution in [-0.2, 0) is 22.6 Å². The minimum Gasteiger partial charge on any atom is -0.364 e. The third-order valence-electron chi connectivity index (χ3n) is 7.31. The second-order valence-corrected chi connectivity index (χ2v) is 11.1. The molecule has 0 bridgehead atoms. The lowest BCUT2D eigenvalue weighted by molar-refractivity contribution is -0.138. The minimum absolute atomic E-state index is 0.0447. The Labute approximate surface area is 217 Å². The summed E-state index contributed by atoms with van der Waals surface area (Å²) in [6, 6.07) is 8.29. The van der Waals surface area contributed by atoms with Gasteiger partial charge in [0.15, 0.2) is 0 Å². The number of amides is 4. The highest BCUT2D eigenvalue weighted by atomic mass is 35.5. The Morgan fingerprint density at radius 1 is 1.14 bits per heavy atom. The summed E-state index contributed by atoms with van der Waals surface area (Å²) in [5.41, 5.74) is 5.35. The maximum absolute atomic E-state index is 12.2. The third kappa shape index (κ3) is 3.90. The van der Waals surface area contributed by atoms with E-state index in [4.69, 9.17) is 11.6 Å². The van der Waals surface area contributed by atoms with Crippen LogP contribution in [0.15, 0.2) is 30.5 Å². The second-order valence-electron chi connectivity index (χ2n) is 9.53. The number of halogens is 1. The van der Waals surface area contributed by atoms with Crippen molar-refractivity contribution in [1.82, 2.24) is 20.1 Å². The zero-order valence-electron chi connectivity index (χ0n) is 19.9. The Morgan fingerprint density at radius 3 is 2.67 bits per heavy atom. The number of nitrogens with one attached hydrogen (secondary N) is 1. The predicted octanol–water partition coefficient (Wildman–Crippen LogP) is 4.04. The number of nitrogens with zero attached hydrogens (tertiary/aromatic N) is 4. The number of aryl methyl sites for hydroxylation is 1. The van der Waals surface area contributed by atoms with Crippen molar-refractivity contribution in [3.8, 4) is 11.1 Å². The van der Waals surface area contributed by atoms with Gasteiger partial charge in [0, 0.05) is 72.4 Å². The van der Waals surface area contributed by atoms with Gasteiger partial charge in [0.2, 0.25) is 11.8 Å². The molecule has 2 aromatic heterocycles. The van der Waals surface area contributed by atoms with Crippen molar-refractivity contribution in [1.29, 1.82) is 0 Å². The topological polar surface area (TPSA) is 85.8 Å². The molecule has 0 spiro atoms. The molecule has 5 heterocycles. The maximum atomic E-state index is 12.2. The summed E-state index contributed by atoms with van der Waals surface area (Å²) >= 11 is 8.19. The number of hydrogen-bond donors (Lipinski definition) is 1.